The highest BCUT2D eigenvalue weighted by Crippen LogP contribution is 2.37. The van der Waals surface area contributed by atoms with Gasteiger partial charge in [-0.05, 0) is 18.9 Å². The van der Waals surface area contributed by atoms with Crippen molar-refractivity contribution in [3.63, 3.8) is 0 Å². The fourth-order valence-corrected chi connectivity index (χ4v) is 8.45. The molecule has 12 heteroatoms. The number of hydrogen-bond donors (Lipinski definition) is 1. The largest absolute Gasteiger partial charge is 1.00 e. The number of carbonyl (C=O) groups is 4. The number of allylic oxidation sites excluding steroid dienone is 2. The van der Waals surface area contributed by atoms with Crippen LogP contribution in [-0.4, -0.2) is 50.3 Å². The number of hydrogen-bond acceptors (Lipinski definition) is 8. The first-order chi connectivity index (χ1) is 30.7. The molecule has 1 aromatic heterocycles. The average Bonchev–Trinajstić information content (AvgIpc) is 3.26. The van der Waals surface area contributed by atoms with Crippen LogP contribution in [0.1, 0.15) is 232 Å². The van der Waals surface area contributed by atoms with E-state index in [2.05, 4.69) is 13.8 Å². The quantitative estimate of drug-likeness (QED) is 0.0296. The van der Waals surface area contributed by atoms with E-state index in [0.717, 1.165) is 44.1 Å². The number of rotatable bonds is 39. The second-order valence-electron chi connectivity index (χ2n) is 18.0. The summed E-state index contributed by atoms with van der Waals surface area (Å²) in [5, 5.41) is 1.82. The minimum atomic E-state index is -0.696. The zero-order valence-corrected chi connectivity index (χ0v) is 45.8. The van der Waals surface area contributed by atoms with E-state index in [4.69, 9.17) is 18.9 Å². The molecule has 0 spiro atoms. The predicted octanol–water partition coefficient (Wildman–Crippen LogP) is 5.64. The molecule has 0 unspecified atom stereocenters. The van der Waals surface area contributed by atoms with Gasteiger partial charge in [0.15, 0.2) is 12.4 Å². The van der Waals surface area contributed by atoms with E-state index in [1.54, 1.807) is 0 Å². The molecule has 0 aromatic carbocycles. The molecule has 2 heterocycles. The molecule has 10 nitrogen and oxygen atoms in total. The van der Waals surface area contributed by atoms with Gasteiger partial charge in [-0.15, -0.1) is 0 Å². The van der Waals surface area contributed by atoms with Gasteiger partial charge in [0.05, 0.1) is 32.3 Å². The number of aromatic nitrogens is 1. The Kier molecular flexibility index (Phi) is 40.7. The summed E-state index contributed by atoms with van der Waals surface area (Å²) in [7, 11) is 1.89. The summed E-state index contributed by atoms with van der Waals surface area (Å²) in [6.45, 7) is 8.73. The maximum atomic E-state index is 13.7. The summed E-state index contributed by atoms with van der Waals surface area (Å²) in [6, 6.07) is 3.77. The van der Waals surface area contributed by atoms with Crippen LogP contribution < -0.4 is 57.8 Å². The van der Waals surface area contributed by atoms with Crippen molar-refractivity contribution in [3.05, 3.63) is 52.6 Å². The van der Waals surface area contributed by atoms with Gasteiger partial charge in [-0.3, -0.25) is 14.9 Å². The highest BCUT2D eigenvalue weighted by Gasteiger charge is 2.41. The molecule has 0 atom stereocenters. The Morgan fingerprint density at radius 2 is 0.815 bits per heavy atom. The maximum absolute atomic E-state index is 13.7. The van der Waals surface area contributed by atoms with Gasteiger partial charge < -0.3 is 66.9 Å². The number of esters is 4. The summed E-state index contributed by atoms with van der Waals surface area (Å²) >= 11 is 0. The molecule has 0 bridgehead atoms. The molecule has 0 amide bonds. The molecular formula is C53H90I2N2O8. The first kappa shape index (κ1) is 62.9. The van der Waals surface area contributed by atoms with E-state index in [-0.39, 0.29) is 86.3 Å². The molecule has 374 valence electrons. The number of quaternary nitrogens is 1. The first-order valence-electron chi connectivity index (χ1n) is 25.6. The molecule has 0 radical (unpaired) electrons. The fraction of sp³-hybridized carbons (Fsp3) is 0.755. The van der Waals surface area contributed by atoms with Crippen LogP contribution in [0.15, 0.2) is 47.1 Å². The van der Waals surface area contributed by atoms with Crippen molar-refractivity contribution in [2.24, 2.45) is 7.05 Å². The van der Waals surface area contributed by atoms with Crippen LogP contribution >= 0.6 is 0 Å². The Bertz CT molecular complexity index is 1410. The van der Waals surface area contributed by atoms with Crippen LogP contribution in [0.4, 0.5) is 0 Å². The van der Waals surface area contributed by atoms with Crippen LogP contribution in [0.2, 0.25) is 0 Å². The van der Waals surface area contributed by atoms with Crippen LogP contribution in [-0.2, 0) is 45.2 Å². The number of carbonyl (C=O) groups excluding carboxylic acids is 4. The summed E-state index contributed by atoms with van der Waals surface area (Å²) in [5.41, 5.74) is 2.94. The number of ether oxygens (including phenoxy) is 4. The Balaban J connectivity index is 0.0000205. The van der Waals surface area contributed by atoms with Crippen LogP contribution in [0.5, 0.6) is 0 Å². The van der Waals surface area contributed by atoms with Crippen molar-refractivity contribution in [1.82, 2.24) is 0 Å². The standard InChI is InChI=1S/C53H88N2O8.2HI/c1-6-8-10-12-14-16-18-20-22-24-26-28-30-36-47(56)60-39-33-41-62-52(58)49-44(3)54-45(4)50(51(49)46-35-32-38-55(5)43-46)53(59)63-42-34-40-61-48(57)37-31-29-27-25-23-21-19-17-15-13-11-9-7-2;;/h32,35,38,43,51H,6-31,33-34,36-37,39-42H2,1-5H3;2*1H. The number of pyridine rings is 1. The Labute approximate surface area is 429 Å². The molecule has 2 N–H and O–H groups in total. The monoisotopic (exact) mass is 1140 g/mol. The average molecular weight is 1140 g/mol. The minimum Gasteiger partial charge on any atom is -1.00 e. The van der Waals surface area contributed by atoms with Crippen molar-refractivity contribution in [2.45, 2.75) is 226 Å². The predicted molar refractivity (Wildman–Crippen MR) is 251 cm³/mol. The number of halogens is 2. The lowest BCUT2D eigenvalue weighted by Gasteiger charge is -2.26. The number of unbranched alkanes of at least 4 members (excludes halogenated alkanes) is 24. The van der Waals surface area contributed by atoms with Crippen LogP contribution in [0, 0.1) is 0 Å². The van der Waals surface area contributed by atoms with Crippen molar-refractivity contribution >= 4 is 23.9 Å². The Morgan fingerprint density at radius 3 is 1.15 bits per heavy atom. The molecule has 0 saturated carbocycles. The number of nitrogens with two attached hydrogens (primary N) is 1. The van der Waals surface area contributed by atoms with Gasteiger partial charge in [-0.2, -0.15) is 0 Å². The van der Waals surface area contributed by atoms with Gasteiger partial charge in [0, 0.05) is 51.2 Å². The third kappa shape index (κ3) is 30.1. The second-order valence-corrected chi connectivity index (χ2v) is 18.0. The molecule has 1 aliphatic heterocycles. The van der Waals surface area contributed by atoms with Crippen molar-refractivity contribution in [1.29, 1.82) is 0 Å². The van der Waals surface area contributed by atoms with Crippen LogP contribution in [0.3, 0.4) is 0 Å². The van der Waals surface area contributed by atoms with Crippen LogP contribution in [0.25, 0.3) is 0 Å². The summed E-state index contributed by atoms with van der Waals surface area (Å²) in [4.78, 5) is 52.1. The molecular weight excluding hydrogens is 1050 g/mol. The number of aryl methyl sites for hydroxylation is 1. The molecule has 1 aromatic rings. The minimum absolute atomic E-state index is 0. The normalized spacial score (nSPS) is 12.7. The van der Waals surface area contributed by atoms with Crippen molar-refractivity contribution < 1.29 is 96.0 Å². The first-order valence-corrected chi connectivity index (χ1v) is 25.6. The molecule has 2 rings (SSSR count). The van der Waals surface area contributed by atoms with Gasteiger partial charge in [0.1, 0.15) is 29.6 Å². The van der Waals surface area contributed by atoms with E-state index >= 15 is 0 Å². The highest BCUT2D eigenvalue weighted by atomic mass is 127. The van der Waals surface area contributed by atoms with Gasteiger partial charge in [-0.25, -0.2) is 14.2 Å². The van der Waals surface area contributed by atoms with Gasteiger partial charge in [0.2, 0.25) is 0 Å². The topological polar surface area (TPSA) is 126 Å². The smallest absolute Gasteiger partial charge is 0.340 e. The lowest BCUT2D eigenvalue weighted by Crippen LogP contribution is -3.00. The van der Waals surface area contributed by atoms with Gasteiger partial charge in [0.25, 0.3) is 0 Å². The zero-order chi connectivity index (χ0) is 45.8. The lowest BCUT2D eigenvalue weighted by molar-refractivity contribution is -0.672. The lowest BCUT2D eigenvalue weighted by atomic mass is 9.81. The Morgan fingerprint density at radius 1 is 0.492 bits per heavy atom. The third-order valence-corrected chi connectivity index (χ3v) is 12.1. The highest BCUT2D eigenvalue weighted by molar-refractivity contribution is 5.99. The second kappa shape index (κ2) is 42.1. The molecule has 65 heavy (non-hydrogen) atoms. The third-order valence-electron chi connectivity index (χ3n) is 12.1. The number of nitrogens with zero attached hydrogens (tertiary/aromatic N) is 1. The molecule has 0 saturated heterocycles. The summed E-state index contributed by atoms with van der Waals surface area (Å²) in [6.07, 6.45) is 38.0. The summed E-state index contributed by atoms with van der Waals surface area (Å²) in [5.74, 6) is -2.17. The van der Waals surface area contributed by atoms with E-state index in [9.17, 15) is 19.2 Å². The van der Waals surface area contributed by atoms with Gasteiger partial charge in [-0.1, -0.05) is 168 Å². The Hall–Kier alpha value is -2.07. The summed E-state index contributed by atoms with van der Waals surface area (Å²) < 4.78 is 24.2. The van der Waals surface area contributed by atoms with E-state index in [1.165, 1.54) is 128 Å². The van der Waals surface area contributed by atoms with E-state index in [0.29, 0.717) is 48.2 Å². The van der Waals surface area contributed by atoms with E-state index < -0.39 is 17.9 Å². The van der Waals surface area contributed by atoms with Crippen molar-refractivity contribution in [3.8, 4) is 0 Å². The van der Waals surface area contributed by atoms with Crippen molar-refractivity contribution in [2.75, 3.05) is 26.4 Å². The maximum Gasteiger partial charge on any atom is 0.340 e. The zero-order valence-electron chi connectivity index (χ0n) is 41.5. The molecule has 0 fully saturated rings. The molecule has 1 aliphatic rings. The SMILES string of the molecule is CCCCCCCCCCCCCCCC(=O)OCCCOC(=O)C1=C(C)[NH2+]C(C)=C(C(=O)OCCCOC(=O)CCCCCCCCCCCCCCC)C1c1ccc[n+](C)c1.[I-].[I-]. The van der Waals surface area contributed by atoms with Gasteiger partial charge >= 0.3 is 23.9 Å². The fourth-order valence-electron chi connectivity index (χ4n) is 8.45. The molecule has 0 aliphatic carbocycles. The van der Waals surface area contributed by atoms with E-state index in [1.807, 2.05) is 55.3 Å².